The van der Waals surface area contributed by atoms with E-state index >= 15 is 0 Å². The summed E-state index contributed by atoms with van der Waals surface area (Å²) >= 11 is 0. The van der Waals surface area contributed by atoms with Crippen molar-refractivity contribution >= 4 is 11.8 Å². The molecule has 1 atom stereocenters. The van der Waals surface area contributed by atoms with Crippen LogP contribution in [0.15, 0.2) is 48.5 Å². The first-order valence-electron chi connectivity index (χ1n) is 9.02. The Labute approximate surface area is 158 Å². The number of primary amides is 1. The number of nitrogens with two attached hydrogens (primary N) is 1. The first kappa shape index (κ1) is 18.8. The van der Waals surface area contributed by atoms with Crippen LogP contribution in [0.4, 0.5) is 0 Å². The number of benzene rings is 2. The van der Waals surface area contributed by atoms with E-state index in [1.165, 1.54) is 12.7 Å². The van der Waals surface area contributed by atoms with Crippen molar-refractivity contribution in [3.05, 3.63) is 59.7 Å². The van der Waals surface area contributed by atoms with E-state index < -0.39 is 5.91 Å². The van der Waals surface area contributed by atoms with Crippen molar-refractivity contribution in [3.8, 4) is 11.5 Å². The minimum Gasteiger partial charge on any atom is -0.493 e. The highest BCUT2D eigenvalue weighted by Crippen LogP contribution is 2.30. The number of hydrogen-bond donors (Lipinski definition) is 1. The SMILES string of the molecule is COc1cc(C(=O)N2CCCC2Cc2ccccc2)ccc1OCC(N)=O. The molecule has 0 radical (unpaired) electrons. The molecule has 1 unspecified atom stereocenters. The Hall–Kier alpha value is -3.02. The summed E-state index contributed by atoms with van der Waals surface area (Å²) in [4.78, 5) is 25.9. The summed E-state index contributed by atoms with van der Waals surface area (Å²) in [6.07, 6.45) is 2.85. The number of nitrogens with zero attached hydrogens (tertiary/aromatic N) is 1. The number of likely N-dealkylation sites (tertiary alicyclic amines) is 1. The van der Waals surface area contributed by atoms with Crippen LogP contribution in [0.3, 0.4) is 0 Å². The number of ether oxygens (including phenoxy) is 2. The second kappa shape index (κ2) is 8.58. The molecule has 3 rings (SSSR count). The summed E-state index contributed by atoms with van der Waals surface area (Å²) in [6.45, 7) is 0.507. The maximum Gasteiger partial charge on any atom is 0.255 e. The van der Waals surface area contributed by atoms with Crippen LogP contribution in [-0.4, -0.2) is 43.0 Å². The maximum atomic E-state index is 13.0. The van der Waals surface area contributed by atoms with Gasteiger partial charge in [0.2, 0.25) is 0 Å². The van der Waals surface area contributed by atoms with Gasteiger partial charge in [0, 0.05) is 18.2 Å². The third-order valence-electron chi connectivity index (χ3n) is 4.73. The Kier molecular flexibility index (Phi) is 5.96. The second-order valence-electron chi connectivity index (χ2n) is 6.60. The normalized spacial score (nSPS) is 16.2. The van der Waals surface area contributed by atoms with Crippen molar-refractivity contribution in [1.29, 1.82) is 0 Å². The Balaban J connectivity index is 1.74. The van der Waals surface area contributed by atoms with E-state index in [-0.39, 0.29) is 18.6 Å². The number of rotatable bonds is 7. The van der Waals surface area contributed by atoms with Crippen LogP contribution >= 0.6 is 0 Å². The van der Waals surface area contributed by atoms with Gasteiger partial charge in [-0.25, -0.2) is 0 Å². The van der Waals surface area contributed by atoms with Gasteiger partial charge in [-0.3, -0.25) is 9.59 Å². The topological polar surface area (TPSA) is 81.9 Å². The van der Waals surface area contributed by atoms with Crippen molar-refractivity contribution in [1.82, 2.24) is 4.90 Å². The van der Waals surface area contributed by atoms with Crippen LogP contribution in [-0.2, 0) is 11.2 Å². The third kappa shape index (κ3) is 4.58. The summed E-state index contributed by atoms with van der Waals surface area (Å²) in [5.41, 5.74) is 6.88. The highest BCUT2D eigenvalue weighted by atomic mass is 16.5. The van der Waals surface area contributed by atoms with Gasteiger partial charge < -0.3 is 20.1 Å². The zero-order valence-corrected chi connectivity index (χ0v) is 15.4. The molecule has 1 heterocycles. The molecule has 0 aliphatic carbocycles. The van der Waals surface area contributed by atoms with Crippen molar-refractivity contribution in [2.24, 2.45) is 5.73 Å². The molecule has 2 aromatic rings. The molecule has 0 saturated carbocycles. The highest BCUT2D eigenvalue weighted by molar-refractivity contribution is 5.95. The molecule has 1 fully saturated rings. The lowest BCUT2D eigenvalue weighted by atomic mass is 10.0. The predicted molar refractivity (Wildman–Crippen MR) is 102 cm³/mol. The van der Waals surface area contributed by atoms with Gasteiger partial charge in [-0.2, -0.15) is 0 Å². The molecule has 0 aromatic heterocycles. The lowest BCUT2D eigenvalue weighted by Crippen LogP contribution is -2.36. The molecule has 0 spiro atoms. The highest BCUT2D eigenvalue weighted by Gasteiger charge is 2.30. The van der Waals surface area contributed by atoms with Gasteiger partial charge >= 0.3 is 0 Å². The Morgan fingerprint density at radius 1 is 1.15 bits per heavy atom. The van der Waals surface area contributed by atoms with E-state index in [2.05, 4.69) is 12.1 Å². The molecular formula is C21H24N2O4. The lowest BCUT2D eigenvalue weighted by molar-refractivity contribution is -0.119. The fraction of sp³-hybridized carbons (Fsp3) is 0.333. The molecule has 27 heavy (non-hydrogen) atoms. The van der Waals surface area contributed by atoms with E-state index in [4.69, 9.17) is 15.2 Å². The van der Waals surface area contributed by atoms with Crippen molar-refractivity contribution in [3.63, 3.8) is 0 Å². The molecule has 142 valence electrons. The minimum absolute atomic E-state index is 0.0202. The van der Waals surface area contributed by atoms with E-state index in [1.54, 1.807) is 18.2 Å². The predicted octanol–water partition coefficient (Wildman–Crippen LogP) is 2.41. The summed E-state index contributed by atoms with van der Waals surface area (Å²) in [6, 6.07) is 15.4. The van der Waals surface area contributed by atoms with Crippen LogP contribution in [0, 0.1) is 0 Å². The average Bonchev–Trinajstić information content (AvgIpc) is 3.14. The molecule has 1 aliphatic rings. The second-order valence-corrected chi connectivity index (χ2v) is 6.60. The molecule has 6 heteroatoms. The molecule has 2 N–H and O–H groups in total. The summed E-state index contributed by atoms with van der Waals surface area (Å²) < 4.78 is 10.6. The van der Waals surface area contributed by atoms with Crippen molar-refractivity contribution in [2.75, 3.05) is 20.3 Å². The van der Waals surface area contributed by atoms with Gasteiger partial charge in [-0.15, -0.1) is 0 Å². The monoisotopic (exact) mass is 368 g/mol. The fourth-order valence-electron chi connectivity index (χ4n) is 3.44. The number of carbonyl (C=O) groups excluding carboxylic acids is 2. The van der Waals surface area contributed by atoms with Gasteiger partial charge in [0.1, 0.15) is 0 Å². The van der Waals surface area contributed by atoms with Crippen LogP contribution in [0.2, 0.25) is 0 Å². The van der Waals surface area contributed by atoms with Gasteiger partial charge in [-0.1, -0.05) is 30.3 Å². The average molecular weight is 368 g/mol. The number of amides is 2. The fourth-order valence-corrected chi connectivity index (χ4v) is 3.44. The quantitative estimate of drug-likeness (QED) is 0.814. The molecular weight excluding hydrogens is 344 g/mol. The minimum atomic E-state index is -0.571. The van der Waals surface area contributed by atoms with Gasteiger partial charge in [0.15, 0.2) is 18.1 Å². The summed E-state index contributed by atoms with van der Waals surface area (Å²) in [7, 11) is 1.49. The Bertz CT molecular complexity index is 807. The van der Waals surface area contributed by atoms with Crippen LogP contribution in [0.25, 0.3) is 0 Å². The van der Waals surface area contributed by atoms with Crippen LogP contribution in [0.5, 0.6) is 11.5 Å². The summed E-state index contributed by atoms with van der Waals surface area (Å²) in [5, 5.41) is 0. The van der Waals surface area contributed by atoms with Crippen molar-refractivity contribution < 1.29 is 19.1 Å². The standard InChI is InChI=1S/C21H24N2O4/c1-26-19-13-16(9-10-18(19)27-14-20(22)24)21(25)23-11-5-8-17(23)12-15-6-3-2-4-7-15/h2-4,6-7,9-10,13,17H,5,8,11-12,14H2,1H3,(H2,22,24). The zero-order chi connectivity index (χ0) is 19.2. The summed E-state index contributed by atoms with van der Waals surface area (Å²) in [5.74, 6) is 0.197. The Morgan fingerprint density at radius 2 is 1.93 bits per heavy atom. The van der Waals surface area contributed by atoms with E-state index in [1.807, 2.05) is 23.1 Å². The van der Waals surface area contributed by atoms with Crippen LogP contribution < -0.4 is 15.2 Å². The van der Waals surface area contributed by atoms with Gasteiger partial charge in [-0.05, 0) is 43.0 Å². The molecule has 2 amide bonds. The van der Waals surface area contributed by atoms with Gasteiger partial charge in [0.05, 0.1) is 7.11 Å². The number of methoxy groups -OCH3 is 1. The zero-order valence-electron chi connectivity index (χ0n) is 15.4. The first-order chi connectivity index (χ1) is 13.1. The largest absolute Gasteiger partial charge is 0.493 e. The maximum absolute atomic E-state index is 13.0. The van der Waals surface area contributed by atoms with E-state index in [9.17, 15) is 9.59 Å². The molecule has 1 saturated heterocycles. The van der Waals surface area contributed by atoms with Crippen molar-refractivity contribution in [2.45, 2.75) is 25.3 Å². The molecule has 6 nitrogen and oxygen atoms in total. The number of carbonyl (C=O) groups is 2. The Morgan fingerprint density at radius 3 is 2.63 bits per heavy atom. The molecule has 2 aromatic carbocycles. The van der Waals surface area contributed by atoms with E-state index in [0.717, 1.165) is 25.8 Å². The van der Waals surface area contributed by atoms with Crippen LogP contribution in [0.1, 0.15) is 28.8 Å². The van der Waals surface area contributed by atoms with Gasteiger partial charge in [0.25, 0.3) is 11.8 Å². The molecule has 0 bridgehead atoms. The third-order valence-corrected chi connectivity index (χ3v) is 4.73. The molecule has 1 aliphatic heterocycles. The van der Waals surface area contributed by atoms with E-state index in [0.29, 0.717) is 17.1 Å². The number of hydrogen-bond acceptors (Lipinski definition) is 4. The smallest absolute Gasteiger partial charge is 0.255 e. The first-order valence-corrected chi connectivity index (χ1v) is 9.02. The lowest BCUT2D eigenvalue weighted by Gasteiger charge is -2.25.